The highest BCUT2D eigenvalue weighted by Crippen LogP contribution is 2.30. The fourth-order valence-electron chi connectivity index (χ4n) is 1.06. The minimum atomic E-state index is 0.00147. The smallest absolute Gasteiger partial charge is 0.118 e. The number of rotatable bonds is 2. The molecule has 0 fully saturated rings. The molecule has 1 rings (SSSR count). The van der Waals surface area contributed by atoms with Crippen molar-refractivity contribution in [2.45, 2.75) is 20.8 Å². The molecular formula is C13H17ClO. The lowest BCUT2D eigenvalue weighted by atomic mass is 9.95. The number of hydrogen-bond acceptors (Lipinski definition) is 1. The fraction of sp³-hybridized carbons (Fsp3) is 0.385. The minimum absolute atomic E-state index is 0.00147. The molecule has 1 aromatic rings. The van der Waals surface area contributed by atoms with Crippen molar-refractivity contribution < 1.29 is 4.74 Å². The summed E-state index contributed by atoms with van der Waals surface area (Å²) >= 11 is 6.19. The Kier molecular flexibility index (Phi) is 3.81. The molecular weight excluding hydrogens is 208 g/mol. The topological polar surface area (TPSA) is 9.23 Å². The van der Waals surface area contributed by atoms with Gasteiger partial charge in [0, 0.05) is 5.03 Å². The number of benzene rings is 1. The van der Waals surface area contributed by atoms with Gasteiger partial charge in [0.15, 0.2) is 0 Å². The van der Waals surface area contributed by atoms with Crippen LogP contribution in [0.2, 0.25) is 0 Å². The van der Waals surface area contributed by atoms with Crippen LogP contribution in [0.4, 0.5) is 0 Å². The fourth-order valence-corrected chi connectivity index (χ4v) is 1.19. The summed E-state index contributed by atoms with van der Waals surface area (Å²) in [4.78, 5) is 0. The first-order valence-electron chi connectivity index (χ1n) is 4.95. The van der Waals surface area contributed by atoms with E-state index in [9.17, 15) is 0 Å². The summed E-state index contributed by atoms with van der Waals surface area (Å²) in [5, 5.41) is 0.854. The van der Waals surface area contributed by atoms with Crippen molar-refractivity contribution >= 4 is 17.7 Å². The molecule has 0 saturated carbocycles. The van der Waals surface area contributed by atoms with Crippen molar-refractivity contribution in [3.63, 3.8) is 0 Å². The Hall–Kier alpha value is -0.950. The molecule has 0 amide bonds. The van der Waals surface area contributed by atoms with Gasteiger partial charge in [-0.3, -0.25) is 0 Å². The van der Waals surface area contributed by atoms with Gasteiger partial charge in [-0.15, -0.1) is 0 Å². The highest BCUT2D eigenvalue weighted by atomic mass is 35.5. The van der Waals surface area contributed by atoms with E-state index < -0.39 is 0 Å². The van der Waals surface area contributed by atoms with Gasteiger partial charge in [-0.2, -0.15) is 0 Å². The zero-order chi connectivity index (χ0) is 11.5. The summed E-state index contributed by atoms with van der Waals surface area (Å²) < 4.78 is 5.09. The van der Waals surface area contributed by atoms with Crippen LogP contribution < -0.4 is 4.74 Å². The molecule has 0 N–H and O–H groups in total. The largest absolute Gasteiger partial charge is 0.497 e. The second-order valence-corrected chi connectivity index (χ2v) is 4.92. The maximum atomic E-state index is 6.19. The van der Waals surface area contributed by atoms with Gasteiger partial charge in [-0.25, -0.2) is 0 Å². The molecule has 15 heavy (non-hydrogen) atoms. The summed E-state index contributed by atoms with van der Waals surface area (Å²) in [5.74, 6) is 0.860. The van der Waals surface area contributed by atoms with Gasteiger partial charge in [0.25, 0.3) is 0 Å². The Balaban J connectivity index is 2.89. The first-order valence-corrected chi connectivity index (χ1v) is 5.33. The lowest BCUT2D eigenvalue weighted by Crippen LogP contribution is -2.04. The van der Waals surface area contributed by atoms with Crippen molar-refractivity contribution in [2.75, 3.05) is 7.11 Å². The van der Waals surface area contributed by atoms with E-state index in [2.05, 4.69) is 20.8 Å². The number of halogens is 1. The summed E-state index contributed by atoms with van der Waals surface area (Å²) in [6.07, 6.45) is 1.99. The number of ether oxygens (including phenoxy) is 1. The molecule has 0 unspecified atom stereocenters. The highest BCUT2D eigenvalue weighted by Gasteiger charge is 2.14. The third-order valence-corrected chi connectivity index (χ3v) is 2.80. The van der Waals surface area contributed by atoms with Gasteiger partial charge in [0.1, 0.15) is 5.75 Å². The molecule has 0 radical (unpaired) electrons. The van der Waals surface area contributed by atoms with E-state index in [-0.39, 0.29) is 5.41 Å². The number of methoxy groups -OCH3 is 1. The van der Waals surface area contributed by atoms with Crippen LogP contribution in [0.1, 0.15) is 26.3 Å². The SMILES string of the molecule is COc1ccc(/C=C(\Cl)C(C)(C)C)cc1. The van der Waals surface area contributed by atoms with Gasteiger partial charge >= 0.3 is 0 Å². The van der Waals surface area contributed by atoms with E-state index >= 15 is 0 Å². The van der Waals surface area contributed by atoms with Gasteiger partial charge in [-0.1, -0.05) is 44.5 Å². The third kappa shape index (κ3) is 3.60. The van der Waals surface area contributed by atoms with Crippen molar-refractivity contribution in [3.8, 4) is 5.75 Å². The second kappa shape index (κ2) is 4.71. The highest BCUT2D eigenvalue weighted by molar-refractivity contribution is 6.32. The normalized spacial score (nSPS) is 12.7. The zero-order valence-electron chi connectivity index (χ0n) is 9.67. The Morgan fingerprint density at radius 1 is 1.20 bits per heavy atom. The van der Waals surface area contributed by atoms with Crippen LogP contribution in [0, 0.1) is 5.41 Å². The molecule has 0 aromatic heterocycles. The van der Waals surface area contributed by atoms with Crippen LogP contribution in [-0.4, -0.2) is 7.11 Å². The van der Waals surface area contributed by atoms with E-state index in [0.29, 0.717) is 0 Å². The molecule has 0 aliphatic carbocycles. The van der Waals surface area contributed by atoms with Crippen molar-refractivity contribution in [2.24, 2.45) is 5.41 Å². The molecule has 1 aromatic carbocycles. The van der Waals surface area contributed by atoms with E-state index in [0.717, 1.165) is 16.3 Å². The second-order valence-electron chi connectivity index (χ2n) is 4.52. The van der Waals surface area contributed by atoms with Crippen LogP contribution in [0.5, 0.6) is 5.75 Å². The van der Waals surface area contributed by atoms with Gasteiger partial charge < -0.3 is 4.74 Å². The summed E-state index contributed by atoms with van der Waals surface area (Å²) in [6, 6.07) is 7.84. The Morgan fingerprint density at radius 2 is 1.73 bits per heavy atom. The third-order valence-electron chi connectivity index (χ3n) is 2.13. The van der Waals surface area contributed by atoms with Crippen molar-refractivity contribution in [1.82, 2.24) is 0 Å². The first-order chi connectivity index (χ1) is 6.93. The quantitative estimate of drug-likeness (QED) is 0.727. The lowest BCUT2D eigenvalue weighted by molar-refractivity contribution is 0.415. The van der Waals surface area contributed by atoms with Gasteiger partial charge in [0.05, 0.1) is 7.11 Å². The average molecular weight is 225 g/mol. The summed E-state index contributed by atoms with van der Waals surface area (Å²) in [6.45, 7) is 6.28. The number of allylic oxidation sites excluding steroid dienone is 1. The predicted molar refractivity (Wildman–Crippen MR) is 66.3 cm³/mol. The van der Waals surface area contributed by atoms with Gasteiger partial charge in [0.2, 0.25) is 0 Å². The molecule has 0 spiro atoms. The van der Waals surface area contributed by atoms with E-state index in [4.69, 9.17) is 16.3 Å². The molecule has 82 valence electrons. The zero-order valence-corrected chi connectivity index (χ0v) is 10.4. The summed E-state index contributed by atoms with van der Waals surface area (Å²) in [5.41, 5.74) is 1.09. The van der Waals surface area contributed by atoms with Crippen molar-refractivity contribution in [1.29, 1.82) is 0 Å². The number of hydrogen-bond donors (Lipinski definition) is 0. The summed E-state index contributed by atoms with van der Waals surface area (Å²) in [7, 11) is 1.66. The standard InChI is InChI=1S/C13H17ClO/c1-13(2,3)12(14)9-10-5-7-11(15-4)8-6-10/h5-9H,1-4H3/b12-9-. The minimum Gasteiger partial charge on any atom is -0.497 e. The Labute approximate surface area is 96.7 Å². The molecule has 0 heterocycles. The van der Waals surface area contributed by atoms with Crippen LogP contribution in [0.3, 0.4) is 0 Å². The molecule has 0 aliphatic heterocycles. The maximum absolute atomic E-state index is 6.19. The van der Waals surface area contributed by atoms with Crippen molar-refractivity contribution in [3.05, 3.63) is 34.9 Å². The monoisotopic (exact) mass is 224 g/mol. The molecule has 0 bridgehead atoms. The van der Waals surface area contributed by atoms with E-state index in [1.54, 1.807) is 7.11 Å². The predicted octanol–water partition coefficient (Wildman–Crippen LogP) is 4.32. The Bertz CT molecular complexity index is 344. The van der Waals surface area contributed by atoms with Crippen LogP contribution in [-0.2, 0) is 0 Å². The van der Waals surface area contributed by atoms with Crippen LogP contribution in [0.15, 0.2) is 29.3 Å². The molecule has 2 heteroatoms. The van der Waals surface area contributed by atoms with E-state index in [1.807, 2.05) is 30.3 Å². The molecule has 0 atom stereocenters. The Morgan fingerprint density at radius 3 is 2.13 bits per heavy atom. The van der Waals surface area contributed by atoms with Crippen LogP contribution in [0.25, 0.3) is 6.08 Å². The van der Waals surface area contributed by atoms with Crippen LogP contribution >= 0.6 is 11.6 Å². The lowest BCUT2D eigenvalue weighted by Gasteiger charge is -2.17. The average Bonchev–Trinajstić information content (AvgIpc) is 2.17. The maximum Gasteiger partial charge on any atom is 0.118 e. The molecule has 0 saturated heterocycles. The molecule has 0 aliphatic rings. The van der Waals surface area contributed by atoms with E-state index in [1.165, 1.54) is 0 Å². The molecule has 1 nitrogen and oxygen atoms in total. The first kappa shape index (κ1) is 12.1. The van der Waals surface area contributed by atoms with Gasteiger partial charge in [-0.05, 0) is 29.2 Å².